The molecule has 6 aliphatic rings. The summed E-state index contributed by atoms with van der Waals surface area (Å²) in [4.78, 5) is 70.5. The fourth-order valence-electron chi connectivity index (χ4n) is 11.6. The van der Waals surface area contributed by atoms with E-state index in [-0.39, 0.29) is 53.0 Å². The summed E-state index contributed by atoms with van der Waals surface area (Å²) < 4.78 is 21.2. The smallest absolute Gasteiger partial charge is 0.407 e. The molecule has 4 N–H and O–H groups in total. The summed E-state index contributed by atoms with van der Waals surface area (Å²) in [6.07, 6.45) is 32.6. The maximum absolute atomic E-state index is 14.3. The molecule has 6 heterocycles. The van der Waals surface area contributed by atoms with Crippen LogP contribution in [0.4, 0.5) is 4.79 Å². The summed E-state index contributed by atoms with van der Waals surface area (Å²) in [7, 11) is 4.57. The molecule has 2 aliphatic carbocycles. The molecular formula is C55H70N8O8. The molecule has 6 atom stereocenters. The number of methoxy groups -OCH3 is 2. The predicted molar refractivity (Wildman–Crippen MR) is 270 cm³/mol. The first-order chi connectivity index (χ1) is 34.7. The van der Waals surface area contributed by atoms with Gasteiger partial charge in [-0.05, 0) is 131 Å². The molecule has 3 amide bonds. The molecule has 16 heteroatoms. The molecule has 4 aromatic rings. The molecule has 16 nitrogen and oxygen atoms in total. The van der Waals surface area contributed by atoms with Crippen molar-refractivity contribution in [2.75, 3.05) is 47.6 Å². The van der Waals surface area contributed by atoms with Gasteiger partial charge in [-0.1, -0.05) is 48.5 Å². The van der Waals surface area contributed by atoms with Crippen LogP contribution >= 0.6 is 0 Å². The molecule has 0 bridgehead atoms. The van der Waals surface area contributed by atoms with Crippen LogP contribution < -0.4 is 10.6 Å². The Hall–Kier alpha value is -6.46. The van der Waals surface area contributed by atoms with Gasteiger partial charge in [-0.2, -0.15) is 0 Å². The van der Waals surface area contributed by atoms with Crippen LogP contribution in [0.2, 0.25) is 0 Å². The number of nitrogens with zero attached hydrogens (tertiary/aromatic N) is 4. The second-order valence-corrected chi connectivity index (χ2v) is 19.4. The number of rotatable bonds is 12. The Balaban J connectivity index is 0.000000873. The minimum atomic E-state index is -0.675. The molecule has 2 saturated carbocycles. The lowest BCUT2D eigenvalue weighted by Crippen LogP contribution is -2.56. The Morgan fingerprint density at radius 2 is 1.08 bits per heavy atom. The number of carbonyl (C=O) groups excluding carboxylic acids is 4. The maximum Gasteiger partial charge on any atom is 0.407 e. The molecule has 4 unspecified atom stereocenters. The number of carbonyl (C=O) groups is 4. The Kier molecular flexibility index (Phi) is 17.8. The maximum atomic E-state index is 14.3. The lowest BCUT2D eigenvalue weighted by atomic mass is 9.70. The number of aromatic nitrogens is 4. The van der Waals surface area contributed by atoms with Gasteiger partial charge in [-0.15, -0.1) is 25.7 Å². The number of benzene rings is 2. The normalized spacial score (nSPS) is 23.4. The van der Waals surface area contributed by atoms with Crippen LogP contribution in [-0.4, -0.2) is 125 Å². The average Bonchev–Trinajstić information content (AvgIpc) is 4.27. The van der Waals surface area contributed by atoms with Crippen molar-refractivity contribution in [3.05, 3.63) is 72.6 Å². The number of ether oxygens (including phenoxy) is 4. The van der Waals surface area contributed by atoms with E-state index in [0.29, 0.717) is 19.6 Å². The fraction of sp³-hybridized carbons (Fsp3) is 0.527. The highest BCUT2D eigenvalue weighted by atomic mass is 16.5. The molecule has 71 heavy (non-hydrogen) atoms. The standard InChI is InChI=1S/C49H62N8O6.C2H4O2.2C2H2/c1-50-41(35-17-25-62-48(27-35)19-5-20-48)45(58)56-23-3-7-39(56)43-51-29-37(53-43)33-13-9-31(10-14-33)32-11-15-34(16-12-32)38-30-52-44(54-38)40-8-4-24-57(40)46(59)42(55-47(60)61-2)36-18-26-63-49(28-36)21-6-22-49;1-4-2-3;2*1-2/h9-16,29-30,35-36,39-42,50H,3-8,17-28H2,1-2H3,(H,51,53)(H,52,54)(H,55,60);2H,1H3;2*1-2H/t35?,36?,39-,40-,41?,42?;;;/m0.../s1. The van der Waals surface area contributed by atoms with Crippen molar-refractivity contribution in [3.8, 4) is 59.3 Å². The number of likely N-dealkylation sites (N-methyl/N-ethyl adjacent to an activating group) is 1. The van der Waals surface area contributed by atoms with Crippen LogP contribution in [0.3, 0.4) is 0 Å². The van der Waals surface area contributed by atoms with Crippen LogP contribution in [0, 0.1) is 37.5 Å². The first-order valence-corrected chi connectivity index (χ1v) is 25.0. The molecule has 10 rings (SSSR count). The highest BCUT2D eigenvalue weighted by Gasteiger charge is 2.49. The molecule has 2 spiro atoms. The number of alkyl carbamates (subject to hydrolysis) is 1. The first-order valence-electron chi connectivity index (χ1n) is 25.0. The van der Waals surface area contributed by atoms with Crippen molar-refractivity contribution in [1.29, 1.82) is 0 Å². The summed E-state index contributed by atoms with van der Waals surface area (Å²) in [6, 6.07) is 15.8. The van der Waals surface area contributed by atoms with E-state index >= 15 is 0 Å². The molecule has 2 aromatic carbocycles. The van der Waals surface area contributed by atoms with Gasteiger partial charge in [0, 0.05) is 26.3 Å². The third-order valence-corrected chi connectivity index (χ3v) is 15.6. The topological polar surface area (TPSA) is 193 Å². The summed E-state index contributed by atoms with van der Waals surface area (Å²) in [5.74, 6) is 1.97. The second-order valence-electron chi connectivity index (χ2n) is 19.4. The van der Waals surface area contributed by atoms with Crippen molar-refractivity contribution in [1.82, 2.24) is 40.4 Å². The van der Waals surface area contributed by atoms with Crippen LogP contribution in [0.1, 0.15) is 114 Å². The summed E-state index contributed by atoms with van der Waals surface area (Å²) in [5.41, 5.74) is 5.89. The number of hydrogen-bond acceptors (Lipinski definition) is 11. The van der Waals surface area contributed by atoms with Gasteiger partial charge in [0.05, 0.1) is 67.3 Å². The van der Waals surface area contributed by atoms with Gasteiger partial charge in [0.2, 0.25) is 11.8 Å². The van der Waals surface area contributed by atoms with Crippen molar-refractivity contribution in [3.63, 3.8) is 0 Å². The highest BCUT2D eigenvalue weighted by Crippen LogP contribution is 2.47. The van der Waals surface area contributed by atoms with E-state index in [4.69, 9.17) is 29.0 Å². The number of likely N-dealkylation sites (tertiary alicyclic amines) is 2. The van der Waals surface area contributed by atoms with Gasteiger partial charge < -0.3 is 49.3 Å². The van der Waals surface area contributed by atoms with E-state index < -0.39 is 12.1 Å². The number of H-pyrrole nitrogens is 2. The largest absolute Gasteiger partial charge is 0.471 e. The Morgan fingerprint density at radius 1 is 0.676 bits per heavy atom. The Labute approximate surface area is 418 Å². The number of hydrogen-bond donors (Lipinski definition) is 4. The van der Waals surface area contributed by atoms with Gasteiger partial charge in [0.15, 0.2) is 0 Å². The van der Waals surface area contributed by atoms with E-state index in [1.54, 1.807) is 0 Å². The van der Waals surface area contributed by atoms with Gasteiger partial charge >= 0.3 is 6.09 Å². The lowest BCUT2D eigenvalue weighted by molar-refractivity contribution is -0.156. The van der Waals surface area contributed by atoms with E-state index in [9.17, 15) is 14.4 Å². The fourth-order valence-corrected chi connectivity index (χ4v) is 11.6. The van der Waals surface area contributed by atoms with Crippen LogP contribution in [0.5, 0.6) is 0 Å². The number of amides is 3. The molecule has 4 saturated heterocycles. The zero-order valence-electron chi connectivity index (χ0n) is 41.4. The zero-order chi connectivity index (χ0) is 50.5. The van der Waals surface area contributed by atoms with Gasteiger partial charge in [0.1, 0.15) is 17.7 Å². The van der Waals surface area contributed by atoms with E-state index in [1.807, 2.05) is 29.2 Å². The molecule has 4 aliphatic heterocycles. The second kappa shape index (κ2) is 24.1. The van der Waals surface area contributed by atoms with Crippen LogP contribution in [0.25, 0.3) is 33.6 Å². The monoisotopic (exact) mass is 971 g/mol. The molecule has 0 radical (unpaired) electrons. The van der Waals surface area contributed by atoms with Crippen molar-refractivity contribution >= 4 is 24.4 Å². The van der Waals surface area contributed by atoms with Crippen molar-refractivity contribution < 1.29 is 38.1 Å². The van der Waals surface area contributed by atoms with Crippen molar-refractivity contribution in [2.45, 2.75) is 125 Å². The molecule has 6 fully saturated rings. The number of terminal acetylenes is 2. The van der Waals surface area contributed by atoms with Crippen LogP contribution in [0.15, 0.2) is 60.9 Å². The number of aromatic amines is 2. The van der Waals surface area contributed by atoms with Crippen molar-refractivity contribution in [2.24, 2.45) is 11.8 Å². The van der Waals surface area contributed by atoms with E-state index in [1.165, 1.54) is 20.6 Å². The summed E-state index contributed by atoms with van der Waals surface area (Å²) in [6.45, 7) is 3.06. The quantitative estimate of drug-likeness (QED) is 0.0801. The zero-order valence-corrected chi connectivity index (χ0v) is 41.4. The van der Waals surface area contributed by atoms with Gasteiger partial charge in [0.25, 0.3) is 6.47 Å². The molecule has 378 valence electrons. The minimum Gasteiger partial charge on any atom is -0.471 e. The van der Waals surface area contributed by atoms with E-state index in [0.717, 1.165) is 142 Å². The summed E-state index contributed by atoms with van der Waals surface area (Å²) in [5, 5.41) is 6.30. The lowest BCUT2D eigenvalue weighted by Gasteiger charge is -2.48. The molecular weight excluding hydrogens is 901 g/mol. The summed E-state index contributed by atoms with van der Waals surface area (Å²) >= 11 is 0. The third kappa shape index (κ3) is 11.5. The molecule has 2 aromatic heterocycles. The number of imidazole rings is 2. The SMILES string of the molecule is C#C.C#C.CNC(C(=O)N1CCC[C@H]1c1ncc(-c2ccc(-c3ccc(-c4cnc([C@@H]5CCCN5C(=O)C(NC(=O)OC)C5CCOC6(CCC6)C5)[nH]4)cc3)cc2)[nH]1)C1CCOC2(CCC2)C1.COC=O. The van der Waals surface area contributed by atoms with Gasteiger partial charge in [-0.25, -0.2) is 14.8 Å². The Bertz CT molecular complexity index is 2430. The van der Waals surface area contributed by atoms with Gasteiger partial charge in [-0.3, -0.25) is 14.4 Å². The van der Waals surface area contributed by atoms with E-state index in [2.05, 4.69) is 99.6 Å². The first kappa shape index (κ1) is 52.4. The predicted octanol–water partition coefficient (Wildman–Crippen LogP) is 7.76. The number of nitrogens with one attached hydrogen (secondary N) is 4. The minimum absolute atomic E-state index is 0.00483. The highest BCUT2D eigenvalue weighted by molar-refractivity contribution is 5.87. The third-order valence-electron chi connectivity index (χ3n) is 15.6. The van der Waals surface area contributed by atoms with Crippen LogP contribution in [-0.2, 0) is 33.3 Å². The average molecular weight is 971 g/mol. The Morgan fingerprint density at radius 3 is 1.46 bits per heavy atom.